The zero-order valence-corrected chi connectivity index (χ0v) is 26.3. The van der Waals surface area contributed by atoms with Gasteiger partial charge in [0.15, 0.2) is 0 Å². The van der Waals surface area contributed by atoms with Crippen LogP contribution in [0.5, 0.6) is 0 Å². The Hall–Kier alpha value is -2.99. The fraction of sp³-hybridized carbons (Fsp3) is 0.690. The third-order valence-corrected chi connectivity index (χ3v) is 9.05. The van der Waals surface area contributed by atoms with Gasteiger partial charge in [0.05, 0.1) is 64.9 Å². The molecule has 3 heterocycles. The van der Waals surface area contributed by atoms with Gasteiger partial charge in [0, 0.05) is 41.6 Å². The van der Waals surface area contributed by atoms with Crippen LogP contribution in [0.2, 0.25) is 0 Å². The number of nitrogens with one attached hydrogen (secondary N) is 4. The average Bonchev–Trinajstić information content (AvgIpc) is 3.67. The van der Waals surface area contributed by atoms with Gasteiger partial charge in [-0.1, -0.05) is 18.6 Å². The smallest absolute Gasteiger partial charge is 0.377 e. The van der Waals surface area contributed by atoms with Crippen molar-refractivity contribution in [2.24, 2.45) is 10.2 Å². The van der Waals surface area contributed by atoms with Crippen LogP contribution >= 0.6 is 11.8 Å². The molecule has 0 bridgehead atoms. The van der Waals surface area contributed by atoms with Crippen LogP contribution in [0.15, 0.2) is 34.5 Å². The second-order valence-electron chi connectivity index (χ2n) is 10.9. The molecular formula is C29H41F3N6O7S. The van der Waals surface area contributed by atoms with Gasteiger partial charge in [-0.2, -0.15) is 24.9 Å². The number of benzene rings is 1. The first kappa shape index (κ1) is 35.9. The highest BCUT2D eigenvalue weighted by Crippen LogP contribution is 2.52. The highest BCUT2D eigenvalue weighted by Gasteiger charge is 2.65. The minimum absolute atomic E-state index is 0.00949. The third kappa shape index (κ3) is 10.8. The summed E-state index contributed by atoms with van der Waals surface area (Å²) in [6, 6.07) is 5.35. The molecule has 1 aromatic rings. The lowest BCUT2D eigenvalue weighted by Crippen LogP contribution is -2.36. The van der Waals surface area contributed by atoms with Gasteiger partial charge in [0.25, 0.3) is 5.91 Å². The van der Waals surface area contributed by atoms with E-state index in [1.165, 1.54) is 24.3 Å². The van der Waals surface area contributed by atoms with Crippen molar-refractivity contribution in [1.29, 1.82) is 0 Å². The number of hydrogen-bond acceptors (Lipinski definition) is 10. The molecule has 0 aromatic heterocycles. The fourth-order valence-electron chi connectivity index (χ4n) is 5.02. The summed E-state index contributed by atoms with van der Waals surface area (Å²) in [5.41, 5.74) is -2.41. The minimum Gasteiger partial charge on any atom is -0.377 e. The quantitative estimate of drug-likeness (QED) is 0.108. The van der Waals surface area contributed by atoms with Gasteiger partial charge in [0.2, 0.25) is 5.91 Å². The third-order valence-electron chi connectivity index (χ3n) is 7.54. The number of thioether (sulfide) groups is 1. The Morgan fingerprint density at radius 1 is 0.870 bits per heavy atom. The van der Waals surface area contributed by atoms with E-state index in [0.717, 1.165) is 25.0 Å². The normalized spacial score (nSPS) is 21.0. The predicted molar refractivity (Wildman–Crippen MR) is 162 cm³/mol. The maximum Gasteiger partial charge on any atom is 0.442 e. The summed E-state index contributed by atoms with van der Waals surface area (Å²) >= 11 is 1.88. The predicted octanol–water partition coefficient (Wildman–Crippen LogP) is 2.51. The molecule has 4 amide bonds. The molecule has 17 heteroatoms. The first-order chi connectivity index (χ1) is 22.2. The molecule has 2 saturated heterocycles. The van der Waals surface area contributed by atoms with Gasteiger partial charge in [-0.25, -0.2) is 4.79 Å². The van der Waals surface area contributed by atoms with E-state index in [0.29, 0.717) is 64.5 Å². The summed E-state index contributed by atoms with van der Waals surface area (Å²) < 4.78 is 60.9. The van der Waals surface area contributed by atoms with Crippen LogP contribution in [0.4, 0.5) is 18.0 Å². The van der Waals surface area contributed by atoms with Gasteiger partial charge in [-0.3, -0.25) is 9.59 Å². The van der Waals surface area contributed by atoms with Gasteiger partial charge in [0.1, 0.15) is 0 Å². The number of rotatable bonds is 22. The minimum atomic E-state index is -4.61. The van der Waals surface area contributed by atoms with E-state index in [-0.39, 0.29) is 48.3 Å². The number of carbonyl (C=O) groups is 3. The van der Waals surface area contributed by atoms with Crippen molar-refractivity contribution >= 4 is 29.6 Å². The van der Waals surface area contributed by atoms with E-state index in [1.54, 1.807) is 0 Å². The van der Waals surface area contributed by atoms with Crippen molar-refractivity contribution in [2.75, 3.05) is 71.7 Å². The topological polar surface area (TPSA) is 161 Å². The zero-order chi connectivity index (χ0) is 32.8. The highest BCUT2D eigenvalue weighted by atomic mass is 32.2. The Morgan fingerprint density at radius 2 is 1.46 bits per heavy atom. The second-order valence-corrected chi connectivity index (χ2v) is 12.1. The zero-order valence-electron chi connectivity index (χ0n) is 25.4. The summed E-state index contributed by atoms with van der Waals surface area (Å²) in [6.07, 6.45) is -1.38. The maximum atomic E-state index is 13.1. The first-order valence-corrected chi connectivity index (χ1v) is 16.4. The van der Waals surface area contributed by atoms with E-state index >= 15 is 0 Å². The number of hydrogen-bond donors (Lipinski definition) is 4. The summed E-state index contributed by atoms with van der Waals surface area (Å²) in [6.45, 7) is 3.58. The highest BCUT2D eigenvalue weighted by molar-refractivity contribution is 8.00. The fourth-order valence-corrected chi connectivity index (χ4v) is 6.57. The summed E-state index contributed by atoms with van der Waals surface area (Å²) in [4.78, 5) is 35.6. The number of amides is 4. The van der Waals surface area contributed by atoms with Crippen LogP contribution in [0.1, 0.15) is 41.6 Å². The molecule has 13 nitrogen and oxygen atoms in total. The first-order valence-electron chi connectivity index (χ1n) is 15.4. The molecule has 4 rings (SSSR count). The average molecular weight is 675 g/mol. The second kappa shape index (κ2) is 17.8. The largest absolute Gasteiger partial charge is 0.442 e. The van der Waals surface area contributed by atoms with Crippen LogP contribution in [-0.2, 0) is 29.4 Å². The number of alkyl halides is 3. The maximum absolute atomic E-state index is 13.1. The number of carbonyl (C=O) groups excluding carboxylic acids is 3. The number of nitrogens with zero attached hydrogens (tertiary/aromatic N) is 2. The van der Waals surface area contributed by atoms with Gasteiger partial charge in [-0.05, 0) is 25.0 Å². The molecule has 3 atom stereocenters. The standard InChI is InChI=1S/C29H41F3N6O7S/c30-29(31,32)28(37-38-28)21-7-5-20(6-8-21)26(40)34-10-12-43-14-16-45-18-17-44-15-13-42-11-9-33-24(39)4-2-1-3-23-25-22(19-46-23)35-27(41)36-25/h5-8,22-23,25H,1-4,9-19H2,(H,33,39)(H,34,40)(H2,35,36,41)/t22-,23-,25-/m0/s1. The Kier molecular flexibility index (Phi) is 13.9. The molecule has 256 valence electrons. The molecule has 0 spiro atoms. The monoisotopic (exact) mass is 674 g/mol. The van der Waals surface area contributed by atoms with Gasteiger partial charge >= 0.3 is 17.9 Å². The van der Waals surface area contributed by atoms with Crippen molar-refractivity contribution in [1.82, 2.24) is 21.3 Å². The number of unbranched alkanes of at least 4 members (excludes halogenated alkanes) is 1. The molecule has 1 aromatic carbocycles. The van der Waals surface area contributed by atoms with E-state index in [2.05, 4.69) is 31.5 Å². The van der Waals surface area contributed by atoms with Gasteiger partial charge in [-0.15, -0.1) is 10.2 Å². The van der Waals surface area contributed by atoms with E-state index in [4.69, 9.17) is 18.9 Å². The molecule has 4 N–H and O–H groups in total. The van der Waals surface area contributed by atoms with Crippen LogP contribution in [-0.4, -0.2) is 113 Å². The molecule has 0 unspecified atom stereocenters. The molecule has 0 radical (unpaired) electrons. The Balaban J connectivity index is 0.867. The SMILES string of the molecule is O=C(CCCC[C@@H]1SC[C@@H]2NC(=O)N[C@@H]21)NCCOCCOCCOCCOCCNC(=O)c1ccc(C2(C(F)(F)F)N=N2)cc1. The molecule has 0 aliphatic carbocycles. The van der Waals surface area contributed by atoms with Crippen LogP contribution in [0.3, 0.4) is 0 Å². The summed E-state index contributed by atoms with van der Waals surface area (Å²) in [5.74, 6) is 0.521. The number of halogens is 3. The van der Waals surface area contributed by atoms with Crippen LogP contribution < -0.4 is 21.3 Å². The molecule has 3 aliphatic rings. The Morgan fingerprint density at radius 3 is 2.04 bits per heavy atom. The molecule has 46 heavy (non-hydrogen) atoms. The van der Waals surface area contributed by atoms with Crippen molar-refractivity contribution in [3.05, 3.63) is 35.4 Å². The summed E-state index contributed by atoms with van der Waals surface area (Å²) in [7, 11) is 0. The van der Waals surface area contributed by atoms with Crippen molar-refractivity contribution < 1.29 is 46.5 Å². The van der Waals surface area contributed by atoms with Crippen molar-refractivity contribution in [3.63, 3.8) is 0 Å². The molecular weight excluding hydrogens is 633 g/mol. The van der Waals surface area contributed by atoms with Crippen molar-refractivity contribution in [2.45, 2.75) is 54.9 Å². The number of ether oxygens (including phenoxy) is 4. The number of urea groups is 1. The Bertz CT molecular complexity index is 1170. The molecule has 0 saturated carbocycles. The van der Waals surface area contributed by atoms with Crippen LogP contribution in [0.25, 0.3) is 0 Å². The lowest BCUT2D eigenvalue weighted by atomic mass is 10.0. The van der Waals surface area contributed by atoms with Gasteiger partial charge < -0.3 is 40.2 Å². The Labute approximate surface area is 269 Å². The van der Waals surface area contributed by atoms with E-state index in [1.807, 2.05) is 11.8 Å². The summed E-state index contributed by atoms with van der Waals surface area (Å²) in [5, 5.41) is 18.1. The lowest BCUT2D eigenvalue weighted by molar-refractivity contribution is -0.166. The van der Waals surface area contributed by atoms with E-state index in [9.17, 15) is 27.6 Å². The van der Waals surface area contributed by atoms with E-state index < -0.39 is 17.7 Å². The molecule has 3 aliphatic heterocycles. The van der Waals surface area contributed by atoms with Crippen molar-refractivity contribution in [3.8, 4) is 0 Å². The number of fused-ring (bicyclic) bond motifs is 1. The molecule has 2 fully saturated rings. The van der Waals surface area contributed by atoms with Crippen LogP contribution in [0, 0.1) is 0 Å². The lowest BCUT2D eigenvalue weighted by Gasteiger charge is -2.16.